The Bertz CT molecular complexity index is 2330. The lowest BCUT2D eigenvalue weighted by molar-refractivity contribution is 0.289. The molecule has 2 N–H and O–H groups in total. The van der Waals surface area contributed by atoms with E-state index in [0.717, 1.165) is 21.9 Å². The van der Waals surface area contributed by atoms with Crippen molar-refractivity contribution in [1.82, 2.24) is 0 Å². The molecule has 0 saturated carbocycles. The van der Waals surface area contributed by atoms with Crippen LogP contribution in [0.2, 0.25) is 0 Å². The van der Waals surface area contributed by atoms with Crippen molar-refractivity contribution in [3.8, 4) is 56.4 Å². The molecule has 50 heavy (non-hydrogen) atoms. The van der Waals surface area contributed by atoms with Crippen LogP contribution >= 0.6 is 15.6 Å². The molecule has 0 bridgehead atoms. The third kappa shape index (κ3) is 5.30. The maximum atomic E-state index is 14.0. The Hall–Kier alpha value is -4.58. The van der Waals surface area contributed by atoms with Gasteiger partial charge in [-0.25, -0.2) is 9.13 Å². The van der Waals surface area contributed by atoms with Crippen molar-refractivity contribution in [2.24, 2.45) is 0 Å². The Morgan fingerprint density at radius 1 is 0.460 bits per heavy atom. The number of rotatable bonds is 1. The summed E-state index contributed by atoms with van der Waals surface area (Å²) in [5.74, 6) is 0.692. The van der Waals surface area contributed by atoms with E-state index in [1.54, 1.807) is 0 Å². The van der Waals surface area contributed by atoms with Crippen molar-refractivity contribution >= 4 is 37.2 Å². The Kier molecular flexibility index (Phi) is 7.15. The fourth-order valence-corrected chi connectivity index (χ4v) is 8.89. The predicted octanol–water partition coefficient (Wildman–Crippen LogP) is 11.3. The first-order valence-electron chi connectivity index (χ1n) is 16.4. The molecular weight excluding hydrogens is 670 g/mol. The molecule has 2 atom stereocenters. The molecule has 0 spiro atoms. The average molecular weight is 707 g/mol. The molecule has 0 aliphatic carbocycles. The van der Waals surface area contributed by atoms with E-state index in [2.05, 4.69) is 0 Å². The van der Waals surface area contributed by atoms with Gasteiger partial charge in [0.25, 0.3) is 0 Å². The van der Waals surface area contributed by atoms with Crippen LogP contribution in [0.15, 0.2) is 97.1 Å². The fraction of sp³-hybridized carbons (Fsp3) is 0.200. The topological polar surface area (TPSA) is 112 Å². The van der Waals surface area contributed by atoms with E-state index in [0.29, 0.717) is 44.2 Å². The van der Waals surface area contributed by atoms with Crippen LogP contribution < -0.4 is 18.1 Å². The highest BCUT2D eigenvalue weighted by Crippen LogP contribution is 2.64. The molecule has 6 aromatic carbocycles. The predicted molar refractivity (Wildman–Crippen MR) is 197 cm³/mol. The first-order chi connectivity index (χ1) is 23.5. The van der Waals surface area contributed by atoms with Gasteiger partial charge in [0.1, 0.15) is 23.0 Å². The highest BCUT2D eigenvalue weighted by molar-refractivity contribution is 7.48. The third-order valence-corrected chi connectivity index (χ3v) is 11.0. The standard InChI is InChI=1S/C40H36O8P2/c1-39(2,3)31-19-11-17-27-29-21-23-13-7-9-15-25(23)33(37(29)47-49(41,42)45-35(27)31)34-26-16-10-8-14-24(26)22-30-28-18-12-20-32(40(4,5)6)36(28)46-50(43,44)48-38(30)34/h7-22H,1-6H3,(H,41,42)(H,43,44). The van der Waals surface area contributed by atoms with Gasteiger partial charge >= 0.3 is 15.6 Å². The molecule has 2 heterocycles. The lowest BCUT2D eigenvalue weighted by Gasteiger charge is -2.24. The maximum absolute atomic E-state index is 14.0. The summed E-state index contributed by atoms with van der Waals surface area (Å²) in [6, 6.07) is 30.3. The highest BCUT2D eigenvalue weighted by Gasteiger charge is 2.41. The third-order valence-electron chi connectivity index (χ3n) is 9.31. The smallest absolute Gasteiger partial charge is 0.394 e. The van der Waals surface area contributed by atoms with Crippen LogP contribution in [0.3, 0.4) is 0 Å². The van der Waals surface area contributed by atoms with E-state index in [4.69, 9.17) is 18.1 Å². The highest BCUT2D eigenvalue weighted by atomic mass is 31.2. The van der Waals surface area contributed by atoms with E-state index < -0.39 is 26.5 Å². The van der Waals surface area contributed by atoms with Gasteiger partial charge in [-0.1, -0.05) is 126 Å². The minimum Gasteiger partial charge on any atom is -0.394 e. The molecule has 2 aliphatic heterocycles. The van der Waals surface area contributed by atoms with Gasteiger partial charge in [0.2, 0.25) is 0 Å². The summed E-state index contributed by atoms with van der Waals surface area (Å²) in [5.41, 5.74) is 3.65. The molecule has 0 radical (unpaired) electrons. The minimum absolute atomic E-state index is 0.0862. The first kappa shape index (κ1) is 32.6. The number of para-hydroxylation sites is 2. The van der Waals surface area contributed by atoms with E-state index in [9.17, 15) is 18.9 Å². The Balaban J connectivity index is 1.58. The van der Waals surface area contributed by atoms with Gasteiger partial charge in [0.15, 0.2) is 0 Å². The zero-order valence-corrected chi connectivity index (χ0v) is 30.3. The number of hydrogen-bond donors (Lipinski definition) is 2. The van der Waals surface area contributed by atoms with Gasteiger partial charge in [0, 0.05) is 44.5 Å². The Morgan fingerprint density at radius 2 is 0.820 bits per heavy atom. The maximum Gasteiger partial charge on any atom is 0.584 e. The van der Waals surface area contributed by atoms with Crippen LogP contribution in [0.4, 0.5) is 0 Å². The van der Waals surface area contributed by atoms with Crippen molar-refractivity contribution in [3.05, 3.63) is 108 Å². The zero-order valence-electron chi connectivity index (χ0n) is 28.5. The first-order valence-corrected chi connectivity index (χ1v) is 19.4. The summed E-state index contributed by atoms with van der Waals surface area (Å²) in [7, 11) is -9.58. The zero-order chi connectivity index (χ0) is 35.4. The second-order valence-electron chi connectivity index (χ2n) is 14.9. The summed E-state index contributed by atoms with van der Waals surface area (Å²) < 4.78 is 51.9. The normalized spacial score (nSPS) is 19.8. The summed E-state index contributed by atoms with van der Waals surface area (Å²) in [6.45, 7) is 12.0. The molecule has 2 unspecified atom stereocenters. The number of hydrogen-bond acceptors (Lipinski definition) is 6. The van der Waals surface area contributed by atoms with Gasteiger partial charge in [-0.2, -0.15) is 0 Å². The lowest BCUT2D eigenvalue weighted by atomic mass is 9.82. The van der Waals surface area contributed by atoms with Crippen molar-refractivity contribution in [3.63, 3.8) is 0 Å². The second-order valence-corrected chi connectivity index (χ2v) is 17.5. The molecular formula is C40H36O8P2. The van der Waals surface area contributed by atoms with Crippen LogP contribution in [-0.4, -0.2) is 9.79 Å². The fourth-order valence-electron chi connectivity index (χ4n) is 7.12. The average Bonchev–Trinajstić information content (AvgIpc) is 3.22. The molecule has 0 fully saturated rings. The van der Waals surface area contributed by atoms with Crippen LogP contribution in [0.25, 0.3) is 54.9 Å². The molecule has 2 aliphatic rings. The summed E-state index contributed by atoms with van der Waals surface area (Å²) in [5, 5.41) is 2.96. The number of benzene rings is 6. The largest absolute Gasteiger partial charge is 0.584 e. The molecule has 8 rings (SSSR count). The molecule has 0 aromatic heterocycles. The minimum atomic E-state index is -4.79. The van der Waals surface area contributed by atoms with Gasteiger partial charge in [-0.15, -0.1) is 0 Å². The SMILES string of the molecule is CC(C)(C)c1cccc2c1OP(=O)(O)Oc1c-2cc2ccccc2c1-c1c2c(cc3ccccc13)-c1cccc(C(C)(C)C)c1OP(=O)(O)O2. The molecule has 10 heteroatoms. The van der Waals surface area contributed by atoms with Gasteiger partial charge < -0.3 is 18.1 Å². The van der Waals surface area contributed by atoms with Crippen LogP contribution in [0.1, 0.15) is 52.7 Å². The Labute approximate surface area is 290 Å². The van der Waals surface area contributed by atoms with E-state index >= 15 is 0 Å². The van der Waals surface area contributed by atoms with Crippen molar-refractivity contribution in [2.75, 3.05) is 0 Å². The number of phosphoric acid groups is 2. The molecule has 0 amide bonds. The number of fused-ring (bicyclic) bond motifs is 8. The molecule has 6 aromatic rings. The summed E-state index contributed by atoms with van der Waals surface area (Å²) in [4.78, 5) is 22.7. The van der Waals surface area contributed by atoms with E-state index in [1.165, 1.54) is 0 Å². The Morgan fingerprint density at radius 3 is 1.20 bits per heavy atom. The van der Waals surface area contributed by atoms with Crippen LogP contribution in [0.5, 0.6) is 23.0 Å². The van der Waals surface area contributed by atoms with Gasteiger partial charge in [-0.05, 0) is 44.5 Å². The van der Waals surface area contributed by atoms with E-state index in [-0.39, 0.29) is 23.0 Å². The van der Waals surface area contributed by atoms with Crippen molar-refractivity contribution in [1.29, 1.82) is 0 Å². The van der Waals surface area contributed by atoms with Gasteiger partial charge in [-0.3, -0.25) is 9.79 Å². The molecule has 254 valence electrons. The molecule has 8 nitrogen and oxygen atoms in total. The van der Waals surface area contributed by atoms with Crippen LogP contribution in [0, 0.1) is 0 Å². The van der Waals surface area contributed by atoms with E-state index in [1.807, 2.05) is 139 Å². The summed E-state index contributed by atoms with van der Waals surface area (Å²) in [6.07, 6.45) is 0. The second kappa shape index (κ2) is 11.0. The summed E-state index contributed by atoms with van der Waals surface area (Å²) >= 11 is 0. The van der Waals surface area contributed by atoms with Gasteiger partial charge in [0.05, 0.1) is 0 Å². The van der Waals surface area contributed by atoms with Crippen molar-refractivity contribution in [2.45, 2.75) is 52.4 Å². The monoisotopic (exact) mass is 706 g/mol. The van der Waals surface area contributed by atoms with Crippen LogP contribution in [-0.2, 0) is 20.0 Å². The molecule has 0 saturated heterocycles. The number of phosphoric ester groups is 2. The van der Waals surface area contributed by atoms with Crippen molar-refractivity contribution < 1.29 is 37.0 Å². The quantitative estimate of drug-likeness (QED) is 0.163. The lowest BCUT2D eigenvalue weighted by Crippen LogP contribution is -2.13.